The van der Waals surface area contributed by atoms with Crippen molar-refractivity contribution in [2.45, 2.75) is 11.7 Å². The van der Waals surface area contributed by atoms with Gasteiger partial charge in [-0.1, -0.05) is 6.07 Å². The molecule has 0 amide bonds. The van der Waals surface area contributed by atoms with Crippen molar-refractivity contribution in [3.8, 4) is 0 Å². The third-order valence-electron chi connectivity index (χ3n) is 2.73. The molecular formula is C10H10F4N2. The third-order valence-corrected chi connectivity index (χ3v) is 2.73. The largest absolute Gasteiger partial charge is 0.419 e. The van der Waals surface area contributed by atoms with E-state index >= 15 is 0 Å². The molecule has 0 atom stereocenters. The van der Waals surface area contributed by atoms with Gasteiger partial charge < -0.3 is 11.1 Å². The van der Waals surface area contributed by atoms with Gasteiger partial charge in [-0.2, -0.15) is 13.2 Å². The lowest BCUT2D eigenvalue weighted by atomic mass is 9.85. The highest BCUT2D eigenvalue weighted by Crippen LogP contribution is 2.33. The number of hydrogen-bond acceptors (Lipinski definition) is 2. The molecule has 1 saturated heterocycles. The van der Waals surface area contributed by atoms with Crippen LogP contribution in [0, 0.1) is 5.82 Å². The Hall–Kier alpha value is -1.14. The summed E-state index contributed by atoms with van der Waals surface area (Å²) in [5.41, 5.74) is 4.23. The predicted molar refractivity (Wildman–Crippen MR) is 50.1 cm³/mol. The van der Waals surface area contributed by atoms with E-state index in [1.165, 1.54) is 6.07 Å². The van der Waals surface area contributed by atoms with Crippen molar-refractivity contribution in [1.82, 2.24) is 5.32 Å². The Bertz CT molecular complexity index is 410. The Labute approximate surface area is 89.4 Å². The average Bonchev–Trinajstić information content (AvgIpc) is 2.12. The van der Waals surface area contributed by atoms with Gasteiger partial charge >= 0.3 is 6.18 Å². The van der Waals surface area contributed by atoms with Crippen LogP contribution in [0.25, 0.3) is 0 Å². The van der Waals surface area contributed by atoms with Crippen LogP contribution in [0.1, 0.15) is 11.1 Å². The van der Waals surface area contributed by atoms with E-state index < -0.39 is 23.1 Å². The van der Waals surface area contributed by atoms with Crippen LogP contribution in [0.3, 0.4) is 0 Å². The van der Waals surface area contributed by atoms with Crippen LogP contribution in [-0.2, 0) is 11.7 Å². The van der Waals surface area contributed by atoms with Crippen molar-refractivity contribution in [1.29, 1.82) is 0 Å². The van der Waals surface area contributed by atoms with Crippen LogP contribution in [0.2, 0.25) is 0 Å². The molecule has 0 saturated carbocycles. The van der Waals surface area contributed by atoms with Gasteiger partial charge in [-0.05, 0) is 17.7 Å². The number of nitrogens with one attached hydrogen (secondary N) is 1. The third kappa shape index (κ3) is 1.78. The first-order chi connectivity index (χ1) is 7.33. The Morgan fingerprint density at radius 2 is 1.88 bits per heavy atom. The summed E-state index contributed by atoms with van der Waals surface area (Å²) in [5, 5.41) is 2.89. The van der Waals surface area contributed by atoms with E-state index in [1.54, 1.807) is 0 Å². The van der Waals surface area contributed by atoms with Gasteiger partial charge in [0.1, 0.15) is 5.82 Å². The number of alkyl halides is 3. The quantitative estimate of drug-likeness (QED) is 0.724. The fourth-order valence-corrected chi connectivity index (χ4v) is 1.65. The Morgan fingerprint density at radius 3 is 2.25 bits per heavy atom. The highest BCUT2D eigenvalue weighted by atomic mass is 19.4. The van der Waals surface area contributed by atoms with Crippen molar-refractivity contribution in [2.75, 3.05) is 13.1 Å². The summed E-state index contributed by atoms with van der Waals surface area (Å²) < 4.78 is 50.1. The maximum atomic E-state index is 13.2. The van der Waals surface area contributed by atoms with Gasteiger partial charge in [-0.3, -0.25) is 0 Å². The van der Waals surface area contributed by atoms with Crippen LogP contribution < -0.4 is 11.1 Å². The number of rotatable bonds is 1. The van der Waals surface area contributed by atoms with E-state index in [2.05, 4.69) is 5.32 Å². The molecule has 88 valence electrons. The van der Waals surface area contributed by atoms with Crippen molar-refractivity contribution < 1.29 is 17.6 Å². The van der Waals surface area contributed by atoms with Gasteiger partial charge in [-0.15, -0.1) is 0 Å². The number of halogens is 4. The van der Waals surface area contributed by atoms with E-state index in [0.29, 0.717) is 18.7 Å². The summed E-state index contributed by atoms with van der Waals surface area (Å²) in [6.45, 7) is 0.885. The summed E-state index contributed by atoms with van der Waals surface area (Å²) in [5.74, 6) is -1.28. The minimum Gasteiger partial charge on any atom is -0.319 e. The Morgan fingerprint density at radius 1 is 1.25 bits per heavy atom. The maximum Gasteiger partial charge on any atom is 0.419 e. The summed E-state index contributed by atoms with van der Waals surface area (Å²) in [4.78, 5) is 0. The number of hydrogen-bond donors (Lipinski definition) is 2. The topological polar surface area (TPSA) is 38.0 Å². The zero-order valence-electron chi connectivity index (χ0n) is 8.24. The molecule has 0 aromatic heterocycles. The molecule has 1 aromatic rings. The molecule has 0 spiro atoms. The minimum absolute atomic E-state index is 0.386. The summed E-state index contributed by atoms with van der Waals surface area (Å²) in [7, 11) is 0. The lowest BCUT2D eigenvalue weighted by Gasteiger charge is -2.39. The Balaban J connectivity index is 2.37. The average molecular weight is 234 g/mol. The highest BCUT2D eigenvalue weighted by molar-refractivity contribution is 5.33. The predicted octanol–water partition coefficient (Wildman–Crippen LogP) is 1.60. The van der Waals surface area contributed by atoms with Gasteiger partial charge in [0.15, 0.2) is 0 Å². The molecule has 2 rings (SSSR count). The van der Waals surface area contributed by atoms with E-state index in [-0.39, 0.29) is 0 Å². The maximum absolute atomic E-state index is 13.2. The van der Waals surface area contributed by atoms with Crippen molar-refractivity contribution in [2.24, 2.45) is 5.73 Å². The molecule has 0 radical (unpaired) electrons. The summed E-state index contributed by atoms with van der Waals surface area (Å²) in [6, 6.07) is 2.83. The van der Waals surface area contributed by atoms with Crippen LogP contribution in [0.15, 0.2) is 18.2 Å². The van der Waals surface area contributed by atoms with Gasteiger partial charge in [0, 0.05) is 13.1 Å². The number of nitrogens with two attached hydrogens (primary N) is 1. The normalized spacial score (nSPS) is 19.3. The first kappa shape index (κ1) is 11.3. The standard InChI is InChI=1S/C10H10F4N2/c11-8-3-6(9(15)4-16-5-9)1-2-7(8)10(12,13)14/h1-3,16H,4-5,15H2. The van der Waals surface area contributed by atoms with E-state index in [4.69, 9.17) is 5.73 Å². The molecule has 3 N–H and O–H groups in total. The van der Waals surface area contributed by atoms with Gasteiger partial charge in [-0.25, -0.2) is 4.39 Å². The molecule has 1 fully saturated rings. The summed E-state index contributed by atoms with van der Waals surface area (Å²) >= 11 is 0. The molecule has 1 aliphatic rings. The monoisotopic (exact) mass is 234 g/mol. The fraction of sp³-hybridized carbons (Fsp3) is 0.400. The van der Waals surface area contributed by atoms with E-state index in [1.807, 2.05) is 0 Å². The molecule has 0 aliphatic carbocycles. The fourth-order valence-electron chi connectivity index (χ4n) is 1.65. The lowest BCUT2D eigenvalue weighted by molar-refractivity contribution is -0.140. The Kier molecular flexibility index (Phi) is 2.43. The van der Waals surface area contributed by atoms with Gasteiger partial charge in [0.05, 0.1) is 11.1 Å². The smallest absolute Gasteiger partial charge is 0.319 e. The van der Waals surface area contributed by atoms with E-state index in [9.17, 15) is 17.6 Å². The zero-order valence-corrected chi connectivity index (χ0v) is 8.24. The van der Waals surface area contributed by atoms with Crippen LogP contribution >= 0.6 is 0 Å². The molecule has 0 unspecified atom stereocenters. The number of benzene rings is 1. The van der Waals surface area contributed by atoms with E-state index in [0.717, 1.165) is 12.1 Å². The van der Waals surface area contributed by atoms with Crippen molar-refractivity contribution in [3.05, 3.63) is 35.1 Å². The minimum atomic E-state index is -4.66. The molecule has 16 heavy (non-hydrogen) atoms. The first-order valence-electron chi connectivity index (χ1n) is 4.70. The molecule has 0 bridgehead atoms. The zero-order chi connectivity index (χ0) is 12.0. The molecule has 1 aromatic carbocycles. The molecule has 6 heteroatoms. The van der Waals surface area contributed by atoms with Gasteiger partial charge in [0.25, 0.3) is 0 Å². The molecule has 2 nitrogen and oxygen atoms in total. The van der Waals surface area contributed by atoms with Crippen LogP contribution in [0.4, 0.5) is 17.6 Å². The van der Waals surface area contributed by atoms with Gasteiger partial charge in [0.2, 0.25) is 0 Å². The second kappa shape index (κ2) is 3.43. The second-order valence-corrected chi connectivity index (χ2v) is 3.95. The van der Waals surface area contributed by atoms with Crippen molar-refractivity contribution in [3.63, 3.8) is 0 Å². The SMILES string of the molecule is NC1(c2ccc(C(F)(F)F)c(F)c2)CNC1. The van der Waals surface area contributed by atoms with Crippen LogP contribution in [-0.4, -0.2) is 13.1 Å². The molecular weight excluding hydrogens is 224 g/mol. The highest BCUT2D eigenvalue weighted by Gasteiger charge is 2.38. The lowest BCUT2D eigenvalue weighted by Crippen LogP contribution is -2.62. The second-order valence-electron chi connectivity index (χ2n) is 3.95. The summed E-state index contributed by atoms with van der Waals surface area (Å²) in [6.07, 6.45) is -4.66. The first-order valence-corrected chi connectivity index (χ1v) is 4.70. The van der Waals surface area contributed by atoms with Crippen molar-refractivity contribution >= 4 is 0 Å². The molecule has 1 heterocycles. The molecule has 1 aliphatic heterocycles. The van der Waals surface area contributed by atoms with Crippen LogP contribution in [0.5, 0.6) is 0 Å².